The SMILES string of the molecule is CCOC1(C(N)Cc2cc(F)cc(F)c2)CCC(C)CC1. The Balaban J connectivity index is 2.13. The molecule has 4 heteroatoms. The molecule has 1 fully saturated rings. The minimum atomic E-state index is -0.556. The minimum Gasteiger partial charge on any atom is -0.374 e. The van der Waals surface area contributed by atoms with E-state index in [0.717, 1.165) is 31.7 Å². The van der Waals surface area contributed by atoms with Gasteiger partial charge in [0.2, 0.25) is 0 Å². The van der Waals surface area contributed by atoms with E-state index in [0.29, 0.717) is 24.5 Å². The standard InChI is InChI=1S/C17H25F2NO/c1-3-21-17(6-4-12(2)5-7-17)16(20)10-13-8-14(18)11-15(19)9-13/h8-9,11-12,16H,3-7,10,20H2,1-2H3. The zero-order chi connectivity index (χ0) is 15.5. The van der Waals surface area contributed by atoms with Crippen molar-refractivity contribution in [2.45, 2.75) is 57.6 Å². The number of halogens is 2. The first-order valence-corrected chi connectivity index (χ1v) is 7.79. The van der Waals surface area contributed by atoms with Gasteiger partial charge in [-0.1, -0.05) is 6.92 Å². The summed E-state index contributed by atoms with van der Waals surface area (Å²) in [6.07, 6.45) is 4.45. The van der Waals surface area contributed by atoms with E-state index in [4.69, 9.17) is 10.5 Å². The lowest BCUT2D eigenvalue weighted by Gasteiger charge is -2.43. The van der Waals surface area contributed by atoms with E-state index in [2.05, 4.69) is 6.92 Å². The van der Waals surface area contributed by atoms with E-state index in [-0.39, 0.29) is 11.6 Å². The lowest BCUT2D eigenvalue weighted by molar-refractivity contribution is -0.0883. The van der Waals surface area contributed by atoms with Crippen LogP contribution in [0, 0.1) is 17.6 Å². The highest BCUT2D eigenvalue weighted by Gasteiger charge is 2.40. The molecule has 0 saturated heterocycles. The maximum atomic E-state index is 13.3. The average Bonchev–Trinajstić information content (AvgIpc) is 2.40. The predicted octanol–water partition coefficient (Wildman–Crippen LogP) is 3.82. The molecule has 0 amide bonds. The molecular weight excluding hydrogens is 272 g/mol. The van der Waals surface area contributed by atoms with Crippen LogP contribution < -0.4 is 5.73 Å². The van der Waals surface area contributed by atoms with Crippen molar-refractivity contribution in [3.8, 4) is 0 Å². The van der Waals surface area contributed by atoms with Gasteiger partial charge in [0.25, 0.3) is 0 Å². The van der Waals surface area contributed by atoms with Crippen LogP contribution in [0.25, 0.3) is 0 Å². The number of ether oxygens (including phenoxy) is 1. The second kappa shape index (κ2) is 6.84. The van der Waals surface area contributed by atoms with Gasteiger partial charge in [-0.05, 0) is 62.6 Å². The maximum Gasteiger partial charge on any atom is 0.126 e. The number of hydrogen-bond acceptors (Lipinski definition) is 2. The first kappa shape index (κ1) is 16.4. The highest BCUT2D eigenvalue weighted by atomic mass is 19.1. The van der Waals surface area contributed by atoms with E-state index in [1.807, 2.05) is 6.92 Å². The molecule has 1 unspecified atom stereocenters. The van der Waals surface area contributed by atoms with Gasteiger partial charge in [-0.25, -0.2) is 8.78 Å². The van der Waals surface area contributed by atoms with E-state index in [1.54, 1.807) is 0 Å². The van der Waals surface area contributed by atoms with Crippen LogP contribution in [0.5, 0.6) is 0 Å². The summed E-state index contributed by atoms with van der Waals surface area (Å²) >= 11 is 0. The molecule has 0 spiro atoms. The van der Waals surface area contributed by atoms with Crippen molar-refractivity contribution in [3.05, 3.63) is 35.4 Å². The van der Waals surface area contributed by atoms with Crippen molar-refractivity contribution in [2.75, 3.05) is 6.61 Å². The molecule has 1 aromatic rings. The third-order valence-electron chi connectivity index (χ3n) is 4.61. The molecule has 1 saturated carbocycles. The first-order valence-electron chi connectivity index (χ1n) is 7.79. The molecule has 21 heavy (non-hydrogen) atoms. The number of benzene rings is 1. The number of rotatable bonds is 5. The highest BCUT2D eigenvalue weighted by Crippen LogP contribution is 2.37. The van der Waals surface area contributed by atoms with Gasteiger partial charge in [0, 0.05) is 18.7 Å². The Morgan fingerprint density at radius 2 is 1.81 bits per heavy atom. The van der Waals surface area contributed by atoms with Crippen LogP contribution in [0.2, 0.25) is 0 Å². The minimum absolute atomic E-state index is 0.244. The molecule has 2 N–H and O–H groups in total. The van der Waals surface area contributed by atoms with Gasteiger partial charge in [-0.15, -0.1) is 0 Å². The third-order valence-corrected chi connectivity index (χ3v) is 4.61. The summed E-state index contributed by atoms with van der Waals surface area (Å²) in [4.78, 5) is 0. The molecule has 1 aliphatic rings. The van der Waals surface area contributed by atoms with E-state index < -0.39 is 11.6 Å². The van der Waals surface area contributed by atoms with Gasteiger partial charge >= 0.3 is 0 Å². The molecule has 1 aliphatic carbocycles. The highest BCUT2D eigenvalue weighted by molar-refractivity contribution is 5.20. The quantitative estimate of drug-likeness (QED) is 0.896. The fraction of sp³-hybridized carbons (Fsp3) is 0.647. The van der Waals surface area contributed by atoms with Crippen LogP contribution in [-0.2, 0) is 11.2 Å². The Kier molecular flexibility index (Phi) is 5.33. The van der Waals surface area contributed by atoms with Gasteiger partial charge in [0.1, 0.15) is 11.6 Å². The summed E-state index contributed by atoms with van der Waals surface area (Å²) in [6.45, 7) is 4.82. The Morgan fingerprint density at radius 3 is 2.33 bits per heavy atom. The van der Waals surface area contributed by atoms with Crippen molar-refractivity contribution >= 4 is 0 Å². The van der Waals surface area contributed by atoms with Crippen LogP contribution in [-0.4, -0.2) is 18.2 Å². The normalized spacial score (nSPS) is 27.6. The fourth-order valence-corrected chi connectivity index (χ4v) is 3.33. The van der Waals surface area contributed by atoms with Crippen molar-refractivity contribution in [2.24, 2.45) is 11.7 Å². The van der Waals surface area contributed by atoms with Gasteiger partial charge in [0.05, 0.1) is 5.60 Å². The molecule has 0 aromatic heterocycles. The Labute approximate surface area is 125 Å². The summed E-state index contributed by atoms with van der Waals surface area (Å²) in [7, 11) is 0. The van der Waals surface area contributed by atoms with Crippen LogP contribution in [0.1, 0.15) is 45.1 Å². The topological polar surface area (TPSA) is 35.2 Å². The van der Waals surface area contributed by atoms with Gasteiger partial charge in [-0.2, -0.15) is 0 Å². The molecule has 1 atom stereocenters. The zero-order valence-electron chi connectivity index (χ0n) is 12.9. The first-order chi connectivity index (χ1) is 9.95. The monoisotopic (exact) mass is 297 g/mol. The number of nitrogens with two attached hydrogens (primary N) is 1. The lowest BCUT2D eigenvalue weighted by atomic mass is 9.74. The molecule has 0 radical (unpaired) electrons. The molecule has 2 nitrogen and oxygen atoms in total. The van der Waals surface area contributed by atoms with Crippen molar-refractivity contribution in [1.82, 2.24) is 0 Å². The van der Waals surface area contributed by atoms with Gasteiger partial charge in [-0.3, -0.25) is 0 Å². The zero-order valence-corrected chi connectivity index (χ0v) is 12.9. The van der Waals surface area contributed by atoms with Crippen molar-refractivity contribution in [1.29, 1.82) is 0 Å². The Bertz CT molecular complexity index is 450. The van der Waals surface area contributed by atoms with Crippen LogP contribution in [0.15, 0.2) is 18.2 Å². The van der Waals surface area contributed by atoms with Crippen LogP contribution in [0.3, 0.4) is 0 Å². The molecule has 0 heterocycles. The molecular formula is C17H25F2NO. The smallest absolute Gasteiger partial charge is 0.126 e. The fourth-order valence-electron chi connectivity index (χ4n) is 3.33. The molecule has 1 aromatic carbocycles. The molecule has 0 aliphatic heterocycles. The van der Waals surface area contributed by atoms with Gasteiger partial charge in [0.15, 0.2) is 0 Å². The summed E-state index contributed by atoms with van der Waals surface area (Å²) in [5.41, 5.74) is 6.62. The Morgan fingerprint density at radius 1 is 1.24 bits per heavy atom. The third kappa shape index (κ3) is 4.01. The van der Waals surface area contributed by atoms with Crippen LogP contribution in [0.4, 0.5) is 8.78 Å². The van der Waals surface area contributed by atoms with E-state index in [1.165, 1.54) is 12.1 Å². The lowest BCUT2D eigenvalue weighted by Crippen LogP contribution is -2.53. The molecule has 0 bridgehead atoms. The molecule has 118 valence electrons. The average molecular weight is 297 g/mol. The number of hydrogen-bond donors (Lipinski definition) is 1. The predicted molar refractivity (Wildman–Crippen MR) is 80.0 cm³/mol. The van der Waals surface area contributed by atoms with E-state index in [9.17, 15) is 8.78 Å². The van der Waals surface area contributed by atoms with E-state index >= 15 is 0 Å². The van der Waals surface area contributed by atoms with Crippen molar-refractivity contribution in [3.63, 3.8) is 0 Å². The second-order valence-electron chi connectivity index (χ2n) is 6.27. The van der Waals surface area contributed by atoms with Crippen LogP contribution >= 0.6 is 0 Å². The summed E-state index contributed by atoms with van der Waals surface area (Å²) in [5.74, 6) is -0.419. The second-order valence-corrected chi connectivity index (χ2v) is 6.27. The maximum absolute atomic E-state index is 13.3. The Hall–Kier alpha value is -1.00. The summed E-state index contributed by atoms with van der Waals surface area (Å²) < 4.78 is 32.6. The van der Waals surface area contributed by atoms with Crippen molar-refractivity contribution < 1.29 is 13.5 Å². The van der Waals surface area contributed by atoms with Gasteiger partial charge < -0.3 is 10.5 Å². The summed E-state index contributed by atoms with van der Waals surface area (Å²) in [5, 5.41) is 0. The largest absolute Gasteiger partial charge is 0.374 e. The molecule has 2 rings (SSSR count). The summed E-state index contributed by atoms with van der Waals surface area (Å²) in [6, 6.07) is 3.35.